The molecule has 1 N–H and O–H groups in total. The first kappa shape index (κ1) is 22.3. The van der Waals surface area contributed by atoms with E-state index in [0.29, 0.717) is 11.9 Å². The maximum Gasteiger partial charge on any atom is 0.230 e. The molecule has 3 aliphatic rings. The van der Waals surface area contributed by atoms with Gasteiger partial charge in [-0.2, -0.15) is 5.10 Å². The molecule has 1 amide bonds. The number of hydrogen-bond donors (Lipinski definition) is 1. The van der Waals surface area contributed by atoms with Gasteiger partial charge in [0.25, 0.3) is 0 Å². The molecule has 2 aromatic heterocycles. The van der Waals surface area contributed by atoms with Crippen molar-refractivity contribution in [1.29, 1.82) is 0 Å². The fourth-order valence-corrected chi connectivity index (χ4v) is 5.44. The Hall–Kier alpha value is -3.19. The number of nitrogens with one attached hydrogen (secondary N) is 1. The Bertz CT molecular complexity index is 1240. The summed E-state index contributed by atoms with van der Waals surface area (Å²) in [6, 6.07) is 10.6. The van der Waals surface area contributed by atoms with Gasteiger partial charge >= 0.3 is 0 Å². The summed E-state index contributed by atoms with van der Waals surface area (Å²) in [5.74, 6) is 1.80. The van der Waals surface area contributed by atoms with Crippen LogP contribution >= 0.6 is 0 Å². The molecular weight excluding hydrogens is 438 g/mol. The van der Waals surface area contributed by atoms with Crippen molar-refractivity contribution in [2.24, 2.45) is 5.92 Å². The van der Waals surface area contributed by atoms with Crippen molar-refractivity contribution in [3.63, 3.8) is 0 Å². The highest BCUT2D eigenvalue weighted by atomic mass is 16.5. The van der Waals surface area contributed by atoms with Crippen molar-refractivity contribution < 1.29 is 9.53 Å². The van der Waals surface area contributed by atoms with Gasteiger partial charge < -0.3 is 15.0 Å². The minimum Gasteiger partial charge on any atom is -0.438 e. The molecule has 1 atom stereocenters. The Balaban J connectivity index is 1.44. The van der Waals surface area contributed by atoms with Gasteiger partial charge in [-0.25, -0.2) is 4.98 Å². The van der Waals surface area contributed by atoms with Crippen LogP contribution in [0.25, 0.3) is 11.1 Å². The van der Waals surface area contributed by atoms with E-state index in [0.717, 1.165) is 85.4 Å². The van der Waals surface area contributed by atoms with E-state index in [1.807, 2.05) is 36.2 Å². The number of piperidine rings is 1. The van der Waals surface area contributed by atoms with Gasteiger partial charge in [0.05, 0.1) is 17.9 Å². The summed E-state index contributed by atoms with van der Waals surface area (Å²) in [6.45, 7) is 6.17. The smallest absolute Gasteiger partial charge is 0.230 e. The van der Waals surface area contributed by atoms with Crippen molar-refractivity contribution in [3.8, 4) is 22.8 Å². The highest BCUT2D eigenvalue weighted by Gasteiger charge is 2.39. The number of aryl methyl sites for hydroxylation is 1. The van der Waals surface area contributed by atoms with Crippen LogP contribution in [-0.2, 0) is 11.2 Å². The number of benzene rings is 1. The van der Waals surface area contributed by atoms with Gasteiger partial charge in [0, 0.05) is 46.6 Å². The summed E-state index contributed by atoms with van der Waals surface area (Å²) in [5.41, 5.74) is 5.02. The van der Waals surface area contributed by atoms with Crippen molar-refractivity contribution in [1.82, 2.24) is 20.1 Å². The summed E-state index contributed by atoms with van der Waals surface area (Å²) < 4.78 is 8.65. The lowest BCUT2D eigenvalue weighted by molar-refractivity contribution is -0.120. The highest BCUT2D eigenvalue weighted by Crippen LogP contribution is 2.46. The van der Waals surface area contributed by atoms with E-state index < -0.39 is 0 Å². The average molecular weight is 472 g/mol. The van der Waals surface area contributed by atoms with E-state index >= 15 is 0 Å². The molecule has 0 radical (unpaired) electrons. The first-order chi connectivity index (χ1) is 17.1. The molecule has 7 nitrogen and oxygen atoms in total. The van der Waals surface area contributed by atoms with E-state index in [-0.39, 0.29) is 17.9 Å². The van der Waals surface area contributed by atoms with Gasteiger partial charge in [-0.05, 0) is 83.7 Å². The molecule has 182 valence electrons. The molecule has 35 heavy (non-hydrogen) atoms. The normalized spacial score (nSPS) is 20.5. The van der Waals surface area contributed by atoms with Crippen molar-refractivity contribution in [3.05, 3.63) is 54.0 Å². The molecule has 0 unspecified atom stereocenters. The zero-order valence-corrected chi connectivity index (χ0v) is 20.5. The quantitative estimate of drug-likeness (QED) is 0.564. The van der Waals surface area contributed by atoms with Crippen LogP contribution < -0.4 is 15.0 Å². The zero-order chi connectivity index (χ0) is 23.9. The first-order valence-corrected chi connectivity index (χ1v) is 12.9. The third-order valence-corrected chi connectivity index (χ3v) is 7.58. The molecule has 3 aromatic rings. The molecule has 1 aromatic carbocycles. The second kappa shape index (κ2) is 9.11. The molecule has 0 bridgehead atoms. The number of carbonyl (C=O) groups excluding carboxylic acids is 1. The topological polar surface area (TPSA) is 72.3 Å². The second-order valence-electron chi connectivity index (χ2n) is 10.2. The van der Waals surface area contributed by atoms with Crippen LogP contribution in [0.5, 0.6) is 11.6 Å². The number of rotatable bonds is 5. The molecular formula is C28H33N5O2. The predicted molar refractivity (Wildman–Crippen MR) is 136 cm³/mol. The minimum absolute atomic E-state index is 0.175. The van der Waals surface area contributed by atoms with Crippen LogP contribution in [0.1, 0.15) is 56.3 Å². The third kappa shape index (κ3) is 4.33. The number of pyridine rings is 1. The number of amides is 1. The number of hydrogen-bond acceptors (Lipinski definition) is 5. The largest absolute Gasteiger partial charge is 0.438 e. The SMILES string of the molecule is Cc1cccc(Oc2c(-c3cnn(C4CCNCC4)c3)ccc3c2CC[C@H](C)N3C(=O)C2CC2)n1. The summed E-state index contributed by atoms with van der Waals surface area (Å²) in [5, 5.41) is 8.16. The molecule has 4 heterocycles. The molecule has 1 aliphatic carbocycles. The lowest BCUT2D eigenvalue weighted by atomic mass is 9.92. The van der Waals surface area contributed by atoms with Crippen molar-refractivity contribution in [2.75, 3.05) is 18.0 Å². The van der Waals surface area contributed by atoms with Gasteiger partial charge in [-0.1, -0.05) is 6.07 Å². The van der Waals surface area contributed by atoms with Gasteiger partial charge in [-0.15, -0.1) is 0 Å². The number of aromatic nitrogens is 3. The number of fused-ring (bicyclic) bond motifs is 1. The van der Waals surface area contributed by atoms with Crippen LogP contribution in [0.15, 0.2) is 42.7 Å². The molecule has 1 saturated carbocycles. The van der Waals surface area contributed by atoms with E-state index in [4.69, 9.17) is 9.84 Å². The summed E-state index contributed by atoms with van der Waals surface area (Å²) in [4.78, 5) is 19.9. The fraction of sp³-hybridized carbons (Fsp3) is 0.464. The van der Waals surface area contributed by atoms with Gasteiger partial charge in [0.15, 0.2) is 0 Å². The molecule has 6 rings (SSSR count). The van der Waals surface area contributed by atoms with Gasteiger partial charge in [0.1, 0.15) is 5.75 Å². The maximum atomic E-state index is 13.2. The zero-order valence-electron chi connectivity index (χ0n) is 20.5. The van der Waals surface area contributed by atoms with Crippen molar-refractivity contribution in [2.45, 2.75) is 64.5 Å². The van der Waals surface area contributed by atoms with Gasteiger partial charge in [-0.3, -0.25) is 9.48 Å². The first-order valence-electron chi connectivity index (χ1n) is 12.9. The molecule has 7 heteroatoms. The van der Waals surface area contributed by atoms with E-state index in [1.54, 1.807) is 0 Å². The fourth-order valence-electron chi connectivity index (χ4n) is 5.44. The molecule has 2 aliphatic heterocycles. The predicted octanol–water partition coefficient (Wildman–Crippen LogP) is 5.05. The van der Waals surface area contributed by atoms with Crippen LogP contribution in [0.2, 0.25) is 0 Å². The Kier molecular flexibility index (Phi) is 5.80. The van der Waals surface area contributed by atoms with E-state index in [9.17, 15) is 4.79 Å². The number of nitrogens with zero attached hydrogens (tertiary/aromatic N) is 4. The third-order valence-electron chi connectivity index (χ3n) is 7.58. The Morgan fingerprint density at radius 2 is 1.91 bits per heavy atom. The monoisotopic (exact) mass is 471 g/mol. The van der Waals surface area contributed by atoms with Crippen LogP contribution in [0, 0.1) is 12.8 Å². The minimum atomic E-state index is 0.175. The Morgan fingerprint density at radius 3 is 2.69 bits per heavy atom. The summed E-state index contributed by atoms with van der Waals surface area (Å²) >= 11 is 0. The summed E-state index contributed by atoms with van der Waals surface area (Å²) in [7, 11) is 0. The average Bonchev–Trinajstić information content (AvgIpc) is 3.61. The standard InChI is InChI=1S/C28H33N5O2/c1-18-4-3-5-26(31-18)35-27-23(21-16-30-32(17-21)22-12-14-29-15-13-22)10-11-25-24(27)9-6-19(2)33(25)28(34)20-7-8-20/h3-5,10-11,16-17,19-20,22,29H,6-9,12-15H2,1-2H3/t19-/m0/s1. The second-order valence-corrected chi connectivity index (χ2v) is 10.2. The van der Waals surface area contributed by atoms with E-state index in [2.05, 4.69) is 40.2 Å². The molecule has 1 saturated heterocycles. The van der Waals surface area contributed by atoms with Gasteiger partial charge in [0.2, 0.25) is 11.8 Å². The molecule has 0 spiro atoms. The highest BCUT2D eigenvalue weighted by molar-refractivity contribution is 5.99. The lowest BCUT2D eigenvalue weighted by Crippen LogP contribution is -2.43. The Labute approximate surface area is 206 Å². The Morgan fingerprint density at radius 1 is 1.09 bits per heavy atom. The lowest BCUT2D eigenvalue weighted by Gasteiger charge is -2.36. The number of anilines is 1. The van der Waals surface area contributed by atoms with Crippen molar-refractivity contribution >= 4 is 11.6 Å². The van der Waals surface area contributed by atoms with Crippen LogP contribution in [0.3, 0.4) is 0 Å². The molecule has 2 fully saturated rings. The van der Waals surface area contributed by atoms with E-state index in [1.165, 1.54) is 0 Å². The number of ether oxygens (including phenoxy) is 1. The van der Waals surface area contributed by atoms with Crippen LogP contribution in [0.4, 0.5) is 5.69 Å². The number of carbonyl (C=O) groups is 1. The maximum absolute atomic E-state index is 13.2. The van der Waals surface area contributed by atoms with Crippen LogP contribution in [-0.4, -0.2) is 39.8 Å². The summed E-state index contributed by atoms with van der Waals surface area (Å²) in [6.07, 6.45) is 10.0.